The van der Waals surface area contributed by atoms with Gasteiger partial charge in [0.15, 0.2) is 0 Å². The van der Waals surface area contributed by atoms with Gasteiger partial charge in [0, 0.05) is 29.5 Å². The molecule has 0 amide bonds. The number of rotatable bonds is 6. The average Bonchev–Trinajstić information content (AvgIpc) is 3.23. The maximum absolute atomic E-state index is 4.00. The standard InChI is InChI=1S/C34H32N2.C2H2/c1-25-11-10-14-26(20-19-25)23-31-33(22-21-30-29-17-8-9-18-32(29)35-34(30)31)36(28-15-6-3-7-16-28)24-27-12-4-2-5-13-27;1-2/h2-22,25,30,34-35H,23-24H2,1H3;1-2H. The van der Waals surface area contributed by atoms with Crippen LogP contribution in [0.4, 0.5) is 11.4 Å². The van der Waals surface area contributed by atoms with Crippen LogP contribution in [0.15, 0.2) is 144 Å². The first-order valence-electron chi connectivity index (χ1n) is 13.3. The van der Waals surface area contributed by atoms with Crippen LogP contribution in [0.1, 0.15) is 30.4 Å². The Balaban J connectivity index is 0.00000144. The minimum atomic E-state index is 0.239. The first kappa shape index (κ1) is 25.2. The molecule has 1 aliphatic heterocycles. The van der Waals surface area contributed by atoms with E-state index < -0.39 is 0 Å². The van der Waals surface area contributed by atoms with Crippen LogP contribution in [0.3, 0.4) is 0 Å². The molecule has 6 rings (SSSR count). The van der Waals surface area contributed by atoms with Crippen molar-refractivity contribution in [2.75, 3.05) is 10.2 Å². The molecule has 1 N–H and O–H groups in total. The number of nitrogens with zero attached hydrogens (tertiary/aromatic N) is 1. The number of para-hydroxylation sites is 2. The van der Waals surface area contributed by atoms with Gasteiger partial charge in [-0.3, -0.25) is 0 Å². The second-order valence-electron chi connectivity index (χ2n) is 9.93. The predicted molar refractivity (Wildman–Crippen MR) is 162 cm³/mol. The smallest absolute Gasteiger partial charge is 0.0604 e. The van der Waals surface area contributed by atoms with Gasteiger partial charge in [-0.2, -0.15) is 0 Å². The summed E-state index contributed by atoms with van der Waals surface area (Å²) in [6.07, 6.45) is 25.1. The normalized spacial score (nSPS) is 20.8. The van der Waals surface area contributed by atoms with Crippen LogP contribution in [0, 0.1) is 18.8 Å². The van der Waals surface area contributed by atoms with E-state index in [0.29, 0.717) is 11.8 Å². The summed E-state index contributed by atoms with van der Waals surface area (Å²) in [5, 5.41) is 3.90. The molecule has 2 aliphatic carbocycles. The van der Waals surface area contributed by atoms with Crippen molar-refractivity contribution in [2.24, 2.45) is 5.92 Å². The van der Waals surface area contributed by atoms with Crippen LogP contribution in [0.5, 0.6) is 0 Å². The van der Waals surface area contributed by atoms with Gasteiger partial charge in [-0.1, -0.05) is 110 Å². The van der Waals surface area contributed by atoms with Gasteiger partial charge in [0.05, 0.1) is 6.04 Å². The van der Waals surface area contributed by atoms with E-state index >= 15 is 0 Å². The molecule has 0 fully saturated rings. The van der Waals surface area contributed by atoms with Crippen LogP contribution in [-0.4, -0.2) is 6.04 Å². The molecule has 188 valence electrons. The molecule has 3 aromatic carbocycles. The highest BCUT2D eigenvalue weighted by molar-refractivity contribution is 5.68. The third kappa shape index (κ3) is 5.29. The number of fused-ring (bicyclic) bond motifs is 3. The summed E-state index contributed by atoms with van der Waals surface area (Å²) in [6, 6.07) is 30.6. The summed E-state index contributed by atoms with van der Waals surface area (Å²) < 4.78 is 0. The van der Waals surface area contributed by atoms with E-state index in [1.54, 1.807) is 0 Å². The van der Waals surface area contributed by atoms with Gasteiger partial charge in [0.25, 0.3) is 0 Å². The zero-order valence-electron chi connectivity index (χ0n) is 21.9. The topological polar surface area (TPSA) is 15.3 Å². The summed E-state index contributed by atoms with van der Waals surface area (Å²) in [4.78, 5) is 2.49. The number of hydrogen-bond donors (Lipinski definition) is 1. The zero-order chi connectivity index (χ0) is 26.3. The third-order valence-electron chi connectivity index (χ3n) is 7.43. The van der Waals surface area contributed by atoms with Gasteiger partial charge in [-0.15, -0.1) is 12.8 Å². The molecule has 0 spiro atoms. The third-order valence-corrected chi connectivity index (χ3v) is 7.43. The fourth-order valence-electron chi connectivity index (χ4n) is 5.58. The molecule has 3 unspecified atom stereocenters. The molecule has 0 saturated heterocycles. The molecule has 0 aromatic heterocycles. The largest absolute Gasteiger partial charge is 0.377 e. The molecule has 3 aliphatic rings. The Morgan fingerprint density at radius 3 is 2.29 bits per heavy atom. The van der Waals surface area contributed by atoms with Gasteiger partial charge < -0.3 is 10.2 Å². The van der Waals surface area contributed by atoms with Crippen molar-refractivity contribution in [1.29, 1.82) is 0 Å². The number of hydrogen-bond acceptors (Lipinski definition) is 2. The highest BCUT2D eigenvalue weighted by atomic mass is 15.1. The zero-order valence-corrected chi connectivity index (χ0v) is 21.9. The second-order valence-corrected chi connectivity index (χ2v) is 9.93. The first-order valence-corrected chi connectivity index (χ1v) is 13.3. The van der Waals surface area contributed by atoms with E-state index in [4.69, 9.17) is 0 Å². The minimum Gasteiger partial charge on any atom is -0.377 e. The lowest BCUT2D eigenvalue weighted by atomic mass is 9.82. The lowest BCUT2D eigenvalue weighted by molar-refractivity contribution is 0.716. The molecule has 3 aromatic rings. The summed E-state index contributed by atoms with van der Waals surface area (Å²) in [5.74, 6) is 0.804. The first-order chi connectivity index (χ1) is 18.8. The van der Waals surface area contributed by atoms with Crippen molar-refractivity contribution in [3.05, 3.63) is 155 Å². The molecule has 0 radical (unpaired) electrons. The molecule has 38 heavy (non-hydrogen) atoms. The molecule has 3 atom stereocenters. The molecule has 0 bridgehead atoms. The van der Waals surface area contributed by atoms with Gasteiger partial charge in [0.1, 0.15) is 0 Å². The maximum atomic E-state index is 4.00. The Kier molecular flexibility index (Phi) is 7.76. The van der Waals surface area contributed by atoms with Crippen molar-refractivity contribution in [1.82, 2.24) is 0 Å². The lowest BCUT2D eigenvalue weighted by Gasteiger charge is -2.35. The Morgan fingerprint density at radius 1 is 0.789 bits per heavy atom. The molecular formula is C36H34N2. The van der Waals surface area contributed by atoms with E-state index in [0.717, 1.165) is 13.0 Å². The molecule has 2 nitrogen and oxygen atoms in total. The van der Waals surface area contributed by atoms with Crippen LogP contribution < -0.4 is 10.2 Å². The Bertz CT molecular complexity index is 1420. The van der Waals surface area contributed by atoms with E-state index in [2.05, 4.69) is 157 Å². The van der Waals surface area contributed by atoms with Crippen molar-refractivity contribution in [3.8, 4) is 12.8 Å². The summed E-state index contributed by atoms with van der Waals surface area (Å²) in [6.45, 7) is 3.06. The van der Waals surface area contributed by atoms with Gasteiger partial charge >= 0.3 is 0 Å². The number of benzene rings is 3. The highest BCUT2D eigenvalue weighted by Gasteiger charge is 2.37. The van der Waals surface area contributed by atoms with Crippen molar-refractivity contribution >= 4 is 11.4 Å². The predicted octanol–water partition coefficient (Wildman–Crippen LogP) is 8.42. The van der Waals surface area contributed by atoms with Crippen molar-refractivity contribution in [2.45, 2.75) is 31.8 Å². The minimum absolute atomic E-state index is 0.239. The van der Waals surface area contributed by atoms with Gasteiger partial charge in [-0.05, 0) is 58.9 Å². The summed E-state index contributed by atoms with van der Waals surface area (Å²) in [7, 11) is 0. The van der Waals surface area contributed by atoms with Crippen LogP contribution >= 0.6 is 0 Å². The van der Waals surface area contributed by atoms with Gasteiger partial charge in [-0.25, -0.2) is 0 Å². The van der Waals surface area contributed by atoms with E-state index in [1.165, 1.54) is 39.3 Å². The van der Waals surface area contributed by atoms with E-state index in [1.807, 2.05) is 0 Å². The summed E-state index contributed by atoms with van der Waals surface area (Å²) >= 11 is 0. The van der Waals surface area contributed by atoms with Crippen LogP contribution in [0.25, 0.3) is 0 Å². The van der Waals surface area contributed by atoms with Crippen molar-refractivity contribution in [3.63, 3.8) is 0 Å². The van der Waals surface area contributed by atoms with Crippen molar-refractivity contribution < 1.29 is 0 Å². The molecular weight excluding hydrogens is 460 g/mol. The van der Waals surface area contributed by atoms with E-state index in [9.17, 15) is 0 Å². The quantitative estimate of drug-likeness (QED) is 0.346. The number of nitrogens with one attached hydrogen (secondary N) is 1. The molecule has 0 saturated carbocycles. The fraction of sp³-hybridized carbons (Fsp3) is 0.167. The van der Waals surface area contributed by atoms with Crippen LogP contribution in [-0.2, 0) is 6.54 Å². The molecule has 1 heterocycles. The Morgan fingerprint density at radius 2 is 1.50 bits per heavy atom. The Hall–Kier alpha value is -4.48. The van der Waals surface area contributed by atoms with E-state index in [-0.39, 0.29) is 6.04 Å². The summed E-state index contributed by atoms with van der Waals surface area (Å²) in [5.41, 5.74) is 9.25. The average molecular weight is 495 g/mol. The lowest BCUT2D eigenvalue weighted by Crippen LogP contribution is -2.32. The van der Waals surface area contributed by atoms with Crippen LogP contribution in [0.2, 0.25) is 0 Å². The fourth-order valence-corrected chi connectivity index (χ4v) is 5.58. The van der Waals surface area contributed by atoms with Gasteiger partial charge in [0.2, 0.25) is 0 Å². The maximum Gasteiger partial charge on any atom is 0.0604 e. The monoisotopic (exact) mass is 494 g/mol. The Labute approximate surface area is 227 Å². The number of anilines is 2. The second kappa shape index (κ2) is 11.7. The molecule has 2 heteroatoms. The number of terminal acetylenes is 1. The number of allylic oxidation sites excluding steroid dienone is 7. The SMILES string of the molecule is C#C.CC1C=CC=C(CC2=C(N(Cc3ccccc3)c3ccccc3)C=CC3c4ccccc4NC23)C=C1. The highest BCUT2D eigenvalue weighted by Crippen LogP contribution is 2.45.